The summed E-state index contributed by atoms with van der Waals surface area (Å²) < 4.78 is 5.70. The minimum absolute atomic E-state index is 0.411. The van der Waals surface area contributed by atoms with Crippen molar-refractivity contribution in [1.29, 1.82) is 0 Å². The van der Waals surface area contributed by atoms with Crippen LogP contribution in [0.1, 0.15) is 18.4 Å². The molecule has 1 aromatic rings. The van der Waals surface area contributed by atoms with Gasteiger partial charge in [-0.15, -0.1) is 0 Å². The Bertz CT molecular complexity index is 370. The molecule has 80 valence electrons. The number of aliphatic hydroxyl groups is 1. The fourth-order valence-corrected chi connectivity index (χ4v) is 1.80. The molecule has 2 aliphatic rings. The van der Waals surface area contributed by atoms with E-state index in [4.69, 9.17) is 4.74 Å². The zero-order valence-electron chi connectivity index (χ0n) is 8.57. The molecule has 1 aliphatic heterocycles. The van der Waals surface area contributed by atoms with Crippen LogP contribution in [0.25, 0.3) is 0 Å². The molecule has 0 atom stereocenters. The second kappa shape index (κ2) is 3.22. The third-order valence-corrected chi connectivity index (χ3v) is 3.03. The lowest BCUT2D eigenvalue weighted by atomic mass is 9.88. The number of β-amino-alcohol motifs (C(OH)–C–C–N with tert-alkyl or cyclic N) is 1. The van der Waals surface area contributed by atoms with Crippen LogP contribution in [0.3, 0.4) is 0 Å². The van der Waals surface area contributed by atoms with Gasteiger partial charge in [-0.3, -0.25) is 0 Å². The summed E-state index contributed by atoms with van der Waals surface area (Å²) in [6.45, 7) is 1.28. The summed E-state index contributed by atoms with van der Waals surface area (Å²) in [7, 11) is 0. The van der Waals surface area contributed by atoms with E-state index < -0.39 is 5.60 Å². The number of benzene rings is 1. The summed E-state index contributed by atoms with van der Waals surface area (Å²) in [5.41, 5.74) is 0.280. The van der Waals surface area contributed by atoms with E-state index in [9.17, 15) is 5.11 Å². The first-order valence-corrected chi connectivity index (χ1v) is 5.47. The van der Waals surface area contributed by atoms with Crippen molar-refractivity contribution in [3.05, 3.63) is 29.8 Å². The van der Waals surface area contributed by atoms with Crippen LogP contribution in [0.4, 0.5) is 0 Å². The van der Waals surface area contributed by atoms with Gasteiger partial charge in [-0.05, 0) is 30.5 Å². The highest BCUT2D eigenvalue weighted by atomic mass is 16.5. The highest BCUT2D eigenvalue weighted by Gasteiger charge is 2.36. The van der Waals surface area contributed by atoms with Gasteiger partial charge in [0.25, 0.3) is 0 Å². The number of rotatable bonds is 3. The van der Waals surface area contributed by atoms with E-state index in [2.05, 4.69) is 5.32 Å². The van der Waals surface area contributed by atoms with Crippen LogP contribution < -0.4 is 10.1 Å². The molecular weight excluding hydrogens is 190 g/mol. The molecule has 2 N–H and O–H groups in total. The highest BCUT2D eigenvalue weighted by molar-refractivity contribution is 5.34. The lowest BCUT2D eigenvalue weighted by Gasteiger charge is -2.38. The van der Waals surface area contributed by atoms with Crippen LogP contribution in [0.2, 0.25) is 0 Å². The Hall–Kier alpha value is -1.06. The average molecular weight is 205 g/mol. The number of hydrogen-bond donors (Lipinski definition) is 2. The Morgan fingerprint density at radius 2 is 2.13 bits per heavy atom. The maximum Gasteiger partial charge on any atom is 0.120 e. The molecule has 0 spiro atoms. The maximum atomic E-state index is 10.1. The number of hydrogen-bond acceptors (Lipinski definition) is 3. The van der Waals surface area contributed by atoms with Crippen LogP contribution in [0, 0.1) is 0 Å². The van der Waals surface area contributed by atoms with Gasteiger partial charge in [0.15, 0.2) is 0 Å². The molecule has 1 saturated carbocycles. The highest BCUT2D eigenvalue weighted by Crippen LogP contribution is 2.31. The van der Waals surface area contributed by atoms with Gasteiger partial charge in [0.2, 0.25) is 0 Å². The molecular formula is C12H15NO2. The topological polar surface area (TPSA) is 41.5 Å². The molecule has 3 nitrogen and oxygen atoms in total. The third kappa shape index (κ3) is 1.73. The van der Waals surface area contributed by atoms with Gasteiger partial charge in [-0.25, -0.2) is 0 Å². The van der Waals surface area contributed by atoms with E-state index in [1.54, 1.807) is 0 Å². The van der Waals surface area contributed by atoms with Crippen molar-refractivity contribution in [3.8, 4) is 5.75 Å². The second-order valence-corrected chi connectivity index (χ2v) is 4.48. The molecule has 0 bridgehead atoms. The monoisotopic (exact) mass is 205 g/mol. The Labute approximate surface area is 89.1 Å². The van der Waals surface area contributed by atoms with Crippen LogP contribution in [0.15, 0.2) is 24.3 Å². The van der Waals surface area contributed by atoms with Crippen molar-refractivity contribution in [1.82, 2.24) is 5.32 Å². The molecule has 0 radical (unpaired) electrons. The fourth-order valence-electron chi connectivity index (χ4n) is 1.80. The van der Waals surface area contributed by atoms with E-state index in [0.29, 0.717) is 19.2 Å². The largest absolute Gasteiger partial charge is 0.490 e. The van der Waals surface area contributed by atoms with Crippen LogP contribution in [-0.2, 0) is 5.60 Å². The zero-order chi connectivity index (χ0) is 10.3. The van der Waals surface area contributed by atoms with Gasteiger partial charge in [-0.2, -0.15) is 0 Å². The summed E-state index contributed by atoms with van der Waals surface area (Å²) >= 11 is 0. The van der Waals surface area contributed by atoms with Crippen molar-refractivity contribution in [2.75, 3.05) is 13.1 Å². The summed E-state index contributed by atoms with van der Waals surface area (Å²) in [5, 5.41) is 13.2. The third-order valence-electron chi connectivity index (χ3n) is 3.03. The molecule has 0 aromatic heterocycles. The molecule has 0 unspecified atom stereocenters. The minimum Gasteiger partial charge on any atom is -0.490 e. The molecule has 2 fully saturated rings. The summed E-state index contributed by atoms with van der Waals surface area (Å²) in [6, 6.07) is 7.82. The van der Waals surface area contributed by atoms with E-state index in [1.807, 2.05) is 24.3 Å². The van der Waals surface area contributed by atoms with Gasteiger partial charge in [0, 0.05) is 13.1 Å². The quantitative estimate of drug-likeness (QED) is 0.774. The van der Waals surface area contributed by atoms with E-state index in [-0.39, 0.29) is 0 Å². The van der Waals surface area contributed by atoms with Crippen LogP contribution in [-0.4, -0.2) is 24.3 Å². The molecule has 1 saturated heterocycles. The number of ether oxygens (including phenoxy) is 1. The first-order chi connectivity index (χ1) is 7.26. The average Bonchev–Trinajstić information content (AvgIpc) is 2.98. The van der Waals surface area contributed by atoms with Gasteiger partial charge in [-0.1, -0.05) is 12.1 Å². The summed E-state index contributed by atoms with van der Waals surface area (Å²) in [6.07, 6.45) is 2.74. The van der Waals surface area contributed by atoms with Crippen molar-refractivity contribution < 1.29 is 9.84 Å². The summed E-state index contributed by atoms with van der Waals surface area (Å²) in [4.78, 5) is 0. The zero-order valence-corrected chi connectivity index (χ0v) is 8.57. The Kier molecular flexibility index (Phi) is 1.97. The maximum absolute atomic E-state index is 10.1. The predicted octanol–water partition coefficient (Wildman–Crippen LogP) is 1.02. The molecule has 3 heteroatoms. The molecule has 1 aromatic carbocycles. The van der Waals surface area contributed by atoms with Crippen molar-refractivity contribution in [3.63, 3.8) is 0 Å². The Balaban J connectivity index is 1.81. The first kappa shape index (κ1) is 9.19. The lowest BCUT2D eigenvalue weighted by Crippen LogP contribution is -2.56. The molecule has 1 aliphatic carbocycles. The van der Waals surface area contributed by atoms with Gasteiger partial charge in [0.1, 0.15) is 11.4 Å². The fraction of sp³-hybridized carbons (Fsp3) is 0.500. The SMILES string of the molecule is OC1(c2cccc(OC3CC3)c2)CNC1. The van der Waals surface area contributed by atoms with Gasteiger partial charge in [0.05, 0.1) is 6.10 Å². The van der Waals surface area contributed by atoms with Crippen LogP contribution >= 0.6 is 0 Å². The second-order valence-electron chi connectivity index (χ2n) is 4.48. The van der Waals surface area contributed by atoms with Crippen molar-refractivity contribution >= 4 is 0 Å². The normalized spacial score (nSPS) is 23.3. The molecule has 15 heavy (non-hydrogen) atoms. The standard InChI is InChI=1S/C12H15NO2/c14-12(7-13-8-12)9-2-1-3-11(6-9)15-10-4-5-10/h1-3,6,10,13-14H,4-5,7-8H2. The molecule has 1 heterocycles. The van der Waals surface area contributed by atoms with Crippen molar-refractivity contribution in [2.45, 2.75) is 24.5 Å². The minimum atomic E-state index is -0.678. The van der Waals surface area contributed by atoms with E-state index >= 15 is 0 Å². The van der Waals surface area contributed by atoms with Crippen LogP contribution in [0.5, 0.6) is 5.75 Å². The first-order valence-electron chi connectivity index (χ1n) is 5.47. The molecule has 3 rings (SSSR count). The summed E-state index contributed by atoms with van der Waals surface area (Å²) in [5.74, 6) is 0.885. The van der Waals surface area contributed by atoms with Gasteiger partial charge >= 0.3 is 0 Å². The van der Waals surface area contributed by atoms with Gasteiger partial charge < -0.3 is 15.2 Å². The predicted molar refractivity (Wildman–Crippen MR) is 56.9 cm³/mol. The smallest absolute Gasteiger partial charge is 0.120 e. The lowest BCUT2D eigenvalue weighted by molar-refractivity contribution is -0.0148. The van der Waals surface area contributed by atoms with E-state index in [0.717, 1.165) is 24.2 Å². The number of nitrogens with one attached hydrogen (secondary N) is 1. The molecule has 0 amide bonds. The van der Waals surface area contributed by atoms with Crippen molar-refractivity contribution in [2.24, 2.45) is 0 Å². The van der Waals surface area contributed by atoms with E-state index in [1.165, 1.54) is 0 Å². The Morgan fingerprint density at radius 1 is 1.33 bits per heavy atom. The Morgan fingerprint density at radius 3 is 2.73 bits per heavy atom.